The van der Waals surface area contributed by atoms with E-state index in [-0.39, 0.29) is 18.9 Å². The van der Waals surface area contributed by atoms with Crippen molar-refractivity contribution in [2.45, 2.75) is 37.6 Å². The van der Waals surface area contributed by atoms with Crippen LogP contribution in [0.25, 0.3) is 0 Å². The van der Waals surface area contributed by atoms with Crippen molar-refractivity contribution in [2.24, 2.45) is 5.92 Å². The van der Waals surface area contributed by atoms with Crippen LogP contribution in [0.4, 0.5) is 13.2 Å². The van der Waals surface area contributed by atoms with Crippen LogP contribution in [-0.4, -0.2) is 56.5 Å². The average molecular weight is 266 g/mol. The van der Waals surface area contributed by atoms with Crippen molar-refractivity contribution < 1.29 is 17.9 Å². The minimum Gasteiger partial charge on any atom is -0.380 e. The Bertz CT molecular complexity index is 265. The number of methoxy groups -OCH3 is 1. The van der Waals surface area contributed by atoms with Gasteiger partial charge in [0.1, 0.15) is 0 Å². The molecule has 2 saturated heterocycles. The Morgan fingerprint density at radius 2 is 1.94 bits per heavy atom. The summed E-state index contributed by atoms with van der Waals surface area (Å²) in [7, 11) is 1.70. The van der Waals surface area contributed by atoms with Gasteiger partial charge >= 0.3 is 6.18 Å². The zero-order valence-electron chi connectivity index (χ0n) is 10.7. The third kappa shape index (κ3) is 3.59. The summed E-state index contributed by atoms with van der Waals surface area (Å²) in [6.45, 7) is 2.80. The van der Waals surface area contributed by atoms with Crippen molar-refractivity contribution in [3.63, 3.8) is 0 Å². The molecule has 0 aromatic heterocycles. The van der Waals surface area contributed by atoms with Crippen LogP contribution in [0, 0.1) is 5.92 Å². The number of hydrogen-bond donors (Lipinski definition) is 1. The van der Waals surface area contributed by atoms with Gasteiger partial charge in [0, 0.05) is 26.2 Å². The number of likely N-dealkylation sites (tertiary alicyclic amines) is 1. The van der Waals surface area contributed by atoms with E-state index in [1.807, 2.05) is 0 Å². The minimum absolute atomic E-state index is 0.240. The summed E-state index contributed by atoms with van der Waals surface area (Å²) >= 11 is 0. The van der Waals surface area contributed by atoms with Gasteiger partial charge in [0.05, 0.1) is 12.0 Å². The number of piperidine rings is 1. The maximum absolute atomic E-state index is 12.5. The molecule has 0 aromatic rings. The number of ether oxygens (including phenoxy) is 1. The second-order valence-electron chi connectivity index (χ2n) is 5.32. The minimum atomic E-state index is -4.02. The van der Waals surface area contributed by atoms with E-state index in [1.165, 1.54) is 0 Å². The molecule has 0 aromatic carbocycles. The van der Waals surface area contributed by atoms with Gasteiger partial charge in [0.2, 0.25) is 0 Å². The monoisotopic (exact) mass is 266 g/mol. The smallest absolute Gasteiger partial charge is 0.380 e. The second-order valence-corrected chi connectivity index (χ2v) is 5.32. The van der Waals surface area contributed by atoms with E-state index >= 15 is 0 Å². The number of halogens is 3. The first-order valence-electron chi connectivity index (χ1n) is 6.54. The van der Waals surface area contributed by atoms with Crippen LogP contribution in [0.15, 0.2) is 0 Å². The van der Waals surface area contributed by atoms with Gasteiger partial charge in [0.25, 0.3) is 0 Å². The molecule has 18 heavy (non-hydrogen) atoms. The van der Waals surface area contributed by atoms with E-state index in [0.717, 1.165) is 19.5 Å². The predicted octanol–water partition coefficient (Wildman–Crippen LogP) is 1.64. The van der Waals surface area contributed by atoms with Gasteiger partial charge in [-0.25, -0.2) is 0 Å². The first kappa shape index (κ1) is 14.1. The summed E-state index contributed by atoms with van der Waals surface area (Å²) in [5.41, 5.74) is 0. The Labute approximate surface area is 106 Å². The number of nitrogens with one attached hydrogen (secondary N) is 1. The lowest BCUT2D eigenvalue weighted by molar-refractivity contribution is -0.185. The van der Waals surface area contributed by atoms with Crippen molar-refractivity contribution in [1.82, 2.24) is 10.2 Å². The lowest BCUT2D eigenvalue weighted by Gasteiger charge is -2.34. The largest absolute Gasteiger partial charge is 0.391 e. The Morgan fingerprint density at radius 3 is 2.44 bits per heavy atom. The number of hydrogen-bond acceptors (Lipinski definition) is 3. The molecule has 2 fully saturated rings. The third-order valence-corrected chi connectivity index (χ3v) is 4.04. The molecule has 0 saturated carbocycles. The van der Waals surface area contributed by atoms with Crippen LogP contribution < -0.4 is 5.32 Å². The predicted molar refractivity (Wildman–Crippen MR) is 62.4 cm³/mol. The molecule has 2 atom stereocenters. The molecule has 0 aliphatic carbocycles. The Hall–Kier alpha value is -0.330. The molecule has 2 unspecified atom stereocenters. The van der Waals surface area contributed by atoms with Crippen LogP contribution in [0.1, 0.15) is 19.3 Å². The average Bonchev–Trinajstić information content (AvgIpc) is 2.76. The highest BCUT2D eigenvalue weighted by Gasteiger charge is 2.41. The highest BCUT2D eigenvalue weighted by Crippen LogP contribution is 2.34. The van der Waals surface area contributed by atoms with E-state index in [9.17, 15) is 13.2 Å². The topological polar surface area (TPSA) is 24.5 Å². The molecular weight excluding hydrogens is 245 g/mol. The summed E-state index contributed by atoms with van der Waals surface area (Å²) in [6.07, 6.45) is -2.33. The molecule has 0 bridgehead atoms. The quantitative estimate of drug-likeness (QED) is 0.840. The van der Waals surface area contributed by atoms with Crippen LogP contribution in [0.2, 0.25) is 0 Å². The summed E-state index contributed by atoms with van der Waals surface area (Å²) in [5, 5.41) is 3.36. The summed E-state index contributed by atoms with van der Waals surface area (Å²) in [5.74, 6) is -1.10. The molecule has 1 N–H and O–H groups in total. The Balaban J connectivity index is 1.71. The second kappa shape index (κ2) is 5.75. The molecule has 2 aliphatic rings. The fourth-order valence-corrected chi connectivity index (χ4v) is 2.86. The first-order chi connectivity index (χ1) is 8.49. The maximum Gasteiger partial charge on any atom is 0.391 e. The molecule has 0 spiro atoms. The maximum atomic E-state index is 12.5. The van der Waals surface area contributed by atoms with Gasteiger partial charge < -0.3 is 15.0 Å². The number of rotatable bonds is 3. The molecule has 3 nitrogen and oxygen atoms in total. The van der Waals surface area contributed by atoms with E-state index in [4.69, 9.17) is 4.74 Å². The standard InChI is InChI=1S/C12H21F3N2O/c1-18-11-6-10(16-7-11)8-17-4-2-9(3-5-17)12(13,14)15/h9-11,16H,2-8H2,1H3. The zero-order chi connectivity index (χ0) is 13.2. The van der Waals surface area contributed by atoms with Crippen molar-refractivity contribution >= 4 is 0 Å². The van der Waals surface area contributed by atoms with E-state index < -0.39 is 12.1 Å². The van der Waals surface area contributed by atoms with Crippen LogP contribution in [0.3, 0.4) is 0 Å². The Morgan fingerprint density at radius 1 is 1.28 bits per heavy atom. The highest BCUT2D eigenvalue weighted by molar-refractivity contribution is 4.86. The molecule has 0 amide bonds. The molecule has 2 aliphatic heterocycles. The SMILES string of the molecule is COC1CNC(CN2CCC(C(F)(F)F)CC2)C1. The molecule has 106 valence electrons. The molecule has 2 rings (SSSR count). The van der Waals surface area contributed by atoms with Gasteiger partial charge in [-0.1, -0.05) is 0 Å². The van der Waals surface area contributed by atoms with E-state index in [0.29, 0.717) is 19.1 Å². The van der Waals surface area contributed by atoms with Crippen molar-refractivity contribution in [3.8, 4) is 0 Å². The van der Waals surface area contributed by atoms with Crippen molar-refractivity contribution in [3.05, 3.63) is 0 Å². The molecular formula is C12H21F3N2O. The lowest BCUT2D eigenvalue weighted by atomic mass is 9.96. The molecule has 0 radical (unpaired) electrons. The van der Waals surface area contributed by atoms with E-state index in [1.54, 1.807) is 7.11 Å². The highest BCUT2D eigenvalue weighted by atomic mass is 19.4. The summed E-state index contributed by atoms with van der Waals surface area (Å²) in [4.78, 5) is 2.14. The Kier molecular flexibility index (Phi) is 4.50. The number of alkyl halides is 3. The molecule has 6 heteroatoms. The van der Waals surface area contributed by atoms with Crippen molar-refractivity contribution in [1.29, 1.82) is 0 Å². The van der Waals surface area contributed by atoms with Crippen molar-refractivity contribution in [2.75, 3.05) is 33.3 Å². The van der Waals surface area contributed by atoms with Gasteiger partial charge in [-0.3, -0.25) is 0 Å². The summed E-state index contributed by atoms with van der Waals surface area (Å²) < 4.78 is 42.8. The van der Waals surface area contributed by atoms with E-state index in [2.05, 4.69) is 10.2 Å². The van der Waals surface area contributed by atoms with Gasteiger partial charge in [-0.2, -0.15) is 13.2 Å². The normalized spacial score (nSPS) is 32.0. The molecule has 2 heterocycles. The summed E-state index contributed by atoms with van der Waals surface area (Å²) in [6, 6.07) is 0.359. The lowest BCUT2D eigenvalue weighted by Crippen LogP contribution is -2.44. The third-order valence-electron chi connectivity index (χ3n) is 4.04. The van der Waals surface area contributed by atoms with Gasteiger partial charge in [-0.05, 0) is 32.4 Å². The van der Waals surface area contributed by atoms with Crippen LogP contribution in [-0.2, 0) is 4.74 Å². The zero-order valence-corrected chi connectivity index (χ0v) is 10.7. The number of nitrogens with zero attached hydrogens (tertiary/aromatic N) is 1. The van der Waals surface area contributed by atoms with Gasteiger partial charge in [-0.15, -0.1) is 0 Å². The van der Waals surface area contributed by atoms with Crippen LogP contribution >= 0.6 is 0 Å². The fraction of sp³-hybridized carbons (Fsp3) is 1.00. The van der Waals surface area contributed by atoms with Gasteiger partial charge in [0.15, 0.2) is 0 Å². The first-order valence-corrected chi connectivity index (χ1v) is 6.54. The van der Waals surface area contributed by atoms with Crippen LogP contribution in [0.5, 0.6) is 0 Å². The fourth-order valence-electron chi connectivity index (χ4n) is 2.86.